The largest absolute Gasteiger partial charge is 0.393 e. The van der Waals surface area contributed by atoms with Gasteiger partial charge in [0.25, 0.3) is 5.56 Å². The molecule has 0 unspecified atom stereocenters. The summed E-state index contributed by atoms with van der Waals surface area (Å²) in [4.78, 5) is 35.6. The van der Waals surface area contributed by atoms with E-state index in [4.69, 9.17) is 17.3 Å². The third-order valence-corrected chi connectivity index (χ3v) is 3.00. The third kappa shape index (κ3) is 3.32. The zero-order valence-corrected chi connectivity index (χ0v) is 11.9. The van der Waals surface area contributed by atoms with E-state index < -0.39 is 23.7 Å². The molecule has 1 heterocycles. The second-order valence-electron chi connectivity index (χ2n) is 4.43. The van der Waals surface area contributed by atoms with Crippen molar-refractivity contribution in [3.05, 3.63) is 56.3 Å². The van der Waals surface area contributed by atoms with E-state index in [0.29, 0.717) is 10.7 Å². The van der Waals surface area contributed by atoms with E-state index in [9.17, 15) is 14.4 Å². The lowest BCUT2D eigenvalue weighted by atomic mass is 10.3. The first-order valence-corrected chi connectivity index (χ1v) is 6.37. The Hall–Kier alpha value is -2.54. The number of carbonyl (C=O) groups excluding carboxylic acids is 1. The number of rotatable bonds is 3. The lowest BCUT2D eigenvalue weighted by molar-refractivity contribution is -0.116. The van der Waals surface area contributed by atoms with Gasteiger partial charge in [-0.25, -0.2) is 9.36 Å². The molecule has 2 rings (SSSR count). The minimum atomic E-state index is -0.695. The Kier molecular flexibility index (Phi) is 4.13. The number of nitrogens with two attached hydrogens (primary N) is 1. The second kappa shape index (κ2) is 5.84. The van der Waals surface area contributed by atoms with Gasteiger partial charge in [0.05, 0.1) is 0 Å². The van der Waals surface area contributed by atoms with Crippen molar-refractivity contribution in [1.82, 2.24) is 9.13 Å². The Bertz CT molecular complexity index is 776. The Labute approximate surface area is 124 Å². The fourth-order valence-corrected chi connectivity index (χ4v) is 1.99. The van der Waals surface area contributed by atoms with E-state index in [1.165, 1.54) is 13.2 Å². The highest BCUT2D eigenvalue weighted by Crippen LogP contribution is 2.14. The Morgan fingerprint density at radius 3 is 2.76 bits per heavy atom. The molecule has 110 valence electrons. The third-order valence-electron chi connectivity index (χ3n) is 2.77. The summed E-state index contributed by atoms with van der Waals surface area (Å²) in [6, 6.07) is 6.53. The molecule has 0 bridgehead atoms. The number of aryl methyl sites for hydroxylation is 1. The fourth-order valence-electron chi connectivity index (χ4n) is 1.80. The molecule has 0 aliphatic rings. The molecule has 1 amide bonds. The number of nitrogen functional groups attached to an aromatic ring is 1. The number of nitrogens with zero attached hydrogens (tertiary/aromatic N) is 2. The highest BCUT2D eigenvalue weighted by molar-refractivity contribution is 6.30. The van der Waals surface area contributed by atoms with Crippen LogP contribution in [0.2, 0.25) is 5.02 Å². The summed E-state index contributed by atoms with van der Waals surface area (Å²) in [5.74, 6) is -0.526. The quantitative estimate of drug-likeness (QED) is 0.858. The number of benzene rings is 1. The van der Waals surface area contributed by atoms with Crippen LogP contribution in [0.3, 0.4) is 0 Å². The van der Waals surface area contributed by atoms with Gasteiger partial charge in [-0.15, -0.1) is 0 Å². The SMILES string of the molecule is Cn1cc(N)c(=O)n(CC(=O)Nc2cccc(Cl)c2)c1=O. The number of aromatic nitrogens is 2. The lowest BCUT2D eigenvalue weighted by Gasteiger charge is -2.09. The molecule has 1 aromatic heterocycles. The average Bonchev–Trinajstić information content (AvgIpc) is 2.41. The number of halogens is 1. The van der Waals surface area contributed by atoms with Crippen LogP contribution in [-0.4, -0.2) is 15.0 Å². The lowest BCUT2D eigenvalue weighted by Crippen LogP contribution is -2.42. The molecule has 2 aromatic rings. The standard InChI is InChI=1S/C13H13ClN4O3/c1-17-6-10(15)12(20)18(13(17)21)7-11(19)16-9-4-2-3-8(14)5-9/h2-6H,7,15H2,1H3,(H,16,19). The number of amides is 1. The maximum Gasteiger partial charge on any atom is 0.331 e. The molecule has 0 radical (unpaired) electrons. The summed E-state index contributed by atoms with van der Waals surface area (Å²) in [5.41, 5.74) is 4.56. The van der Waals surface area contributed by atoms with E-state index in [1.54, 1.807) is 24.3 Å². The normalized spacial score (nSPS) is 10.4. The van der Waals surface area contributed by atoms with Gasteiger partial charge in [0.1, 0.15) is 12.2 Å². The summed E-state index contributed by atoms with van der Waals surface area (Å²) < 4.78 is 1.92. The second-order valence-corrected chi connectivity index (χ2v) is 4.86. The topological polar surface area (TPSA) is 99.1 Å². The van der Waals surface area contributed by atoms with Gasteiger partial charge in [0.15, 0.2) is 0 Å². The van der Waals surface area contributed by atoms with Crippen molar-refractivity contribution < 1.29 is 4.79 Å². The minimum absolute atomic E-state index is 0.104. The van der Waals surface area contributed by atoms with Gasteiger partial charge < -0.3 is 15.6 Å². The van der Waals surface area contributed by atoms with Crippen LogP contribution in [0, 0.1) is 0 Å². The first-order valence-electron chi connectivity index (χ1n) is 6.00. The number of hydrogen-bond acceptors (Lipinski definition) is 4. The van der Waals surface area contributed by atoms with Crippen molar-refractivity contribution in [2.24, 2.45) is 7.05 Å². The number of hydrogen-bond donors (Lipinski definition) is 2. The van der Waals surface area contributed by atoms with Crippen LogP contribution in [0.1, 0.15) is 0 Å². The molecule has 0 aliphatic heterocycles. The predicted molar refractivity (Wildman–Crippen MR) is 80.4 cm³/mol. The number of carbonyl (C=O) groups is 1. The van der Waals surface area contributed by atoms with Gasteiger partial charge in [0.2, 0.25) is 5.91 Å². The number of nitrogens with one attached hydrogen (secondary N) is 1. The van der Waals surface area contributed by atoms with Crippen molar-refractivity contribution >= 4 is 28.9 Å². The van der Waals surface area contributed by atoms with Gasteiger partial charge in [-0.2, -0.15) is 0 Å². The Morgan fingerprint density at radius 2 is 2.10 bits per heavy atom. The maximum absolute atomic E-state index is 11.9. The molecule has 0 spiro atoms. The molecule has 8 heteroatoms. The molecular formula is C13H13ClN4O3. The number of anilines is 2. The zero-order valence-electron chi connectivity index (χ0n) is 11.2. The van der Waals surface area contributed by atoms with Gasteiger partial charge in [-0.1, -0.05) is 17.7 Å². The highest BCUT2D eigenvalue weighted by Gasteiger charge is 2.11. The molecule has 0 saturated heterocycles. The zero-order chi connectivity index (χ0) is 15.6. The van der Waals surface area contributed by atoms with E-state index in [2.05, 4.69) is 5.32 Å². The molecule has 21 heavy (non-hydrogen) atoms. The summed E-state index contributed by atoms with van der Waals surface area (Å²) >= 11 is 5.80. The molecule has 7 nitrogen and oxygen atoms in total. The molecule has 3 N–H and O–H groups in total. The fraction of sp³-hybridized carbons (Fsp3) is 0.154. The first kappa shape index (κ1) is 14.9. The van der Waals surface area contributed by atoms with E-state index in [-0.39, 0.29) is 5.69 Å². The minimum Gasteiger partial charge on any atom is -0.393 e. The van der Waals surface area contributed by atoms with Crippen LogP contribution in [0.5, 0.6) is 0 Å². The molecule has 1 aromatic carbocycles. The van der Waals surface area contributed by atoms with Gasteiger partial charge in [-0.3, -0.25) is 9.59 Å². The van der Waals surface area contributed by atoms with Crippen molar-refractivity contribution in [2.75, 3.05) is 11.1 Å². The van der Waals surface area contributed by atoms with E-state index in [0.717, 1.165) is 9.13 Å². The van der Waals surface area contributed by atoms with Crippen molar-refractivity contribution in [3.8, 4) is 0 Å². The highest BCUT2D eigenvalue weighted by atomic mass is 35.5. The maximum atomic E-state index is 11.9. The van der Waals surface area contributed by atoms with Crippen LogP contribution in [0.25, 0.3) is 0 Å². The van der Waals surface area contributed by atoms with Crippen LogP contribution in [0.4, 0.5) is 11.4 Å². The first-order chi connectivity index (χ1) is 9.88. The van der Waals surface area contributed by atoms with Crippen molar-refractivity contribution in [3.63, 3.8) is 0 Å². The summed E-state index contributed by atoms with van der Waals surface area (Å²) in [6.45, 7) is -0.428. The molecule has 0 saturated carbocycles. The van der Waals surface area contributed by atoms with Crippen LogP contribution >= 0.6 is 11.6 Å². The van der Waals surface area contributed by atoms with Crippen LogP contribution < -0.4 is 22.3 Å². The van der Waals surface area contributed by atoms with Crippen LogP contribution in [-0.2, 0) is 18.4 Å². The molecule has 0 fully saturated rings. The Morgan fingerprint density at radius 1 is 1.38 bits per heavy atom. The molecule has 0 atom stereocenters. The van der Waals surface area contributed by atoms with Crippen molar-refractivity contribution in [2.45, 2.75) is 6.54 Å². The van der Waals surface area contributed by atoms with Gasteiger partial charge in [-0.05, 0) is 18.2 Å². The van der Waals surface area contributed by atoms with E-state index >= 15 is 0 Å². The Balaban J connectivity index is 2.25. The molecule has 0 aliphatic carbocycles. The van der Waals surface area contributed by atoms with Gasteiger partial charge in [0, 0.05) is 24.0 Å². The summed E-state index contributed by atoms with van der Waals surface area (Å²) in [5, 5.41) is 3.02. The monoisotopic (exact) mass is 308 g/mol. The van der Waals surface area contributed by atoms with Crippen LogP contribution in [0.15, 0.2) is 40.1 Å². The predicted octanol–water partition coefficient (Wildman–Crippen LogP) is 0.421. The summed E-state index contributed by atoms with van der Waals surface area (Å²) in [6.07, 6.45) is 1.22. The van der Waals surface area contributed by atoms with Gasteiger partial charge >= 0.3 is 5.69 Å². The smallest absolute Gasteiger partial charge is 0.331 e. The summed E-state index contributed by atoms with van der Waals surface area (Å²) in [7, 11) is 1.45. The van der Waals surface area contributed by atoms with Crippen molar-refractivity contribution in [1.29, 1.82) is 0 Å². The van der Waals surface area contributed by atoms with E-state index in [1.807, 2.05) is 0 Å². The molecular weight excluding hydrogens is 296 g/mol. The average molecular weight is 309 g/mol.